The third-order valence-electron chi connectivity index (χ3n) is 7.83. The largest absolute Gasteiger partial charge is 0.390 e. The average molecular weight is 533 g/mol. The molecule has 1 saturated heterocycles. The minimum absolute atomic E-state index is 0.0188. The van der Waals surface area contributed by atoms with Crippen LogP contribution in [0.15, 0.2) is 53.6 Å². The smallest absolute Gasteiger partial charge is 0.343 e. The number of sulfone groups is 1. The molecule has 8 nitrogen and oxygen atoms in total. The molecule has 0 bridgehead atoms. The van der Waals surface area contributed by atoms with Crippen molar-refractivity contribution >= 4 is 9.84 Å². The lowest BCUT2D eigenvalue weighted by atomic mass is 9.56. The van der Waals surface area contributed by atoms with Gasteiger partial charge in [0.1, 0.15) is 18.0 Å². The standard InChI is InChI=1S/C26H30F2N4O4S/c1-16-22(37(35,36)23(11-29-16)17-6-4-3-5-7-17)9-18-8-21(28)19(10-20(18)27)26(12-25(2,34)13-26)14-32-15-30-31-24(32)33/h3-8,10,15-16,22-23,29,34H,9,11-14H2,1-2H3,(H,31,33)/t16-,22?,23-,25?,26?/m0/s1. The summed E-state index contributed by atoms with van der Waals surface area (Å²) >= 11 is 0. The molecule has 5 rings (SSSR count). The van der Waals surface area contributed by atoms with Gasteiger partial charge in [0, 0.05) is 24.5 Å². The molecule has 1 aliphatic heterocycles. The van der Waals surface area contributed by atoms with Crippen LogP contribution in [-0.2, 0) is 28.2 Å². The van der Waals surface area contributed by atoms with E-state index in [2.05, 4.69) is 15.5 Å². The van der Waals surface area contributed by atoms with Gasteiger partial charge in [-0.05, 0) is 61.9 Å². The number of nitrogens with one attached hydrogen (secondary N) is 2. The molecule has 0 spiro atoms. The maximum atomic E-state index is 15.6. The number of hydrogen-bond acceptors (Lipinski definition) is 6. The van der Waals surface area contributed by atoms with E-state index in [9.17, 15) is 18.3 Å². The zero-order chi connectivity index (χ0) is 26.6. The molecule has 1 saturated carbocycles. The maximum Gasteiger partial charge on any atom is 0.343 e. The molecule has 198 valence electrons. The molecule has 0 radical (unpaired) electrons. The van der Waals surface area contributed by atoms with Gasteiger partial charge in [-0.2, -0.15) is 5.10 Å². The van der Waals surface area contributed by atoms with Crippen molar-refractivity contribution < 1.29 is 22.3 Å². The third-order valence-corrected chi connectivity index (χ3v) is 10.5. The summed E-state index contributed by atoms with van der Waals surface area (Å²) in [6.45, 7) is 3.61. The fourth-order valence-corrected chi connectivity index (χ4v) is 8.54. The van der Waals surface area contributed by atoms with Crippen LogP contribution >= 0.6 is 0 Å². The van der Waals surface area contributed by atoms with Crippen molar-refractivity contribution in [3.8, 4) is 0 Å². The number of benzene rings is 2. The average Bonchev–Trinajstić information content (AvgIpc) is 3.21. The normalized spacial score (nSPS) is 31.1. The molecule has 2 heterocycles. The van der Waals surface area contributed by atoms with Crippen molar-refractivity contribution in [3.63, 3.8) is 0 Å². The lowest BCUT2D eigenvalue weighted by Gasteiger charge is -2.52. The zero-order valence-corrected chi connectivity index (χ0v) is 21.4. The van der Waals surface area contributed by atoms with Crippen LogP contribution in [0.2, 0.25) is 0 Å². The molecule has 2 aromatic carbocycles. The quantitative estimate of drug-likeness (QED) is 0.449. The molecule has 3 atom stereocenters. The minimum atomic E-state index is -3.71. The molecule has 37 heavy (non-hydrogen) atoms. The molecule has 1 aromatic heterocycles. The molecule has 3 aromatic rings. The molecular formula is C26H30F2N4O4S. The summed E-state index contributed by atoms with van der Waals surface area (Å²) in [4.78, 5) is 12.0. The Morgan fingerprint density at radius 3 is 2.49 bits per heavy atom. The van der Waals surface area contributed by atoms with Gasteiger partial charge in [0.15, 0.2) is 9.84 Å². The topological polar surface area (TPSA) is 117 Å². The van der Waals surface area contributed by atoms with E-state index in [0.29, 0.717) is 5.56 Å². The summed E-state index contributed by atoms with van der Waals surface area (Å²) in [6.07, 6.45) is 1.36. The van der Waals surface area contributed by atoms with E-state index in [4.69, 9.17) is 0 Å². The van der Waals surface area contributed by atoms with Gasteiger partial charge < -0.3 is 10.4 Å². The Morgan fingerprint density at radius 2 is 1.86 bits per heavy atom. The number of nitrogens with zero attached hydrogens (tertiary/aromatic N) is 2. The summed E-state index contributed by atoms with van der Waals surface area (Å²) in [5.74, 6) is -1.41. The van der Waals surface area contributed by atoms with Crippen LogP contribution in [0, 0.1) is 11.6 Å². The van der Waals surface area contributed by atoms with E-state index in [1.54, 1.807) is 38.1 Å². The zero-order valence-electron chi connectivity index (χ0n) is 20.6. The Morgan fingerprint density at radius 1 is 1.16 bits per heavy atom. The van der Waals surface area contributed by atoms with E-state index in [0.717, 1.165) is 12.1 Å². The minimum Gasteiger partial charge on any atom is -0.390 e. The van der Waals surface area contributed by atoms with Crippen molar-refractivity contribution in [2.75, 3.05) is 6.54 Å². The van der Waals surface area contributed by atoms with Gasteiger partial charge in [-0.25, -0.2) is 27.1 Å². The Labute approximate surface area is 213 Å². The number of aromatic amines is 1. The van der Waals surface area contributed by atoms with Gasteiger partial charge in [0.2, 0.25) is 0 Å². The Balaban J connectivity index is 1.47. The van der Waals surface area contributed by atoms with Crippen molar-refractivity contribution in [1.29, 1.82) is 0 Å². The number of hydrogen-bond donors (Lipinski definition) is 3. The Kier molecular flexibility index (Phi) is 6.36. The summed E-state index contributed by atoms with van der Waals surface area (Å²) < 4.78 is 59.5. The number of H-pyrrole nitrogens is 1. The van der Waals surface area contributed by atoms with Crippen molar-refractivity contribution in [2.24, 2.45) is 0 Å². The monoisotopic (exact) mass is 532 g/mol. The lowest BCUT2D eigenvalue weighted by Crippen LogP contribution is -2.56. The van der Waals surface area contributed by atoms with Crippen LogP contribution in [0.5, 0.6) is 0 Å². The number of rotatable bonds is 6. The van der Waals surface area contributed by atoms with Crippen molar-refractivity contribution in [1.82, 2.24) is 20.1 Å². The molecule has 11 heteroatoms. The second-order valence-corrected chi connectivity index (χ2v) is 13.1. The molecule has 2 fully saturated rings. The maximum absolute atomic E-state index is 15.6. The predicted molar refractivity (Wildman–Crippen MR) is 134 cm³/mol. The van der Waals surface area contributed by atoms with E-state index in [-0.39, 0.29) is 43.5 Å². The molecule has 0 amide bonds. The first-order chi connectivity index (χ1) is 17.4. The highest BCUT2D eigenvalue weighted by atomic mass is 32.2. The highest BCUT2D eigenvalue weighted by Crippen LogP contribution is 2.52. The van der Waals surface area contributed by atoms with Gasteiger partial charge >= 0.3 is 5.69 Å². The summed E-state index contributed by atoms with van der Waals surface area (Å²) in [6, 6.07) is 10.6. The number of aromatic nitrogens is 3. The van der Waals surface area contributed by atoms with Crippen LogP contribution in [0.4, 0.5) is 8.78 Å². The SMILES string of the molecule is C[C@@H]1NC[C@@H](c2ccccc2)S(=O)(=O)C1Cc1cc(F)c(C2(Cn3cn[nH]c3=O)CC(C)(O)C2)cc1F. The molecular weight excluding hydrogens is 502 g/mol. The van der Waals surface area contributed by atoms with Gasteiger partial charge in [-0.3, -0.25) is 4.57 Å². The van der Waals surface area contributed by atoms with Crippen LogP contribution in [0.1, 0.15) is 48.6 Å². The first-order valence-corrected chi connectivity index (χ1v) is 13.8. The number of aliphatic hydroxyl groups is 1. The summed E-state index contributed by atoms with van der Waals surface area (Å²) in [5.41, 5.74) is -1.90. The van der Waals surface area contributed by atoms with Gasteiger partial charge in [0.25, 0.3) is 0 Å². The summed E-state index contributed by atoms with van der Waals surface area (Å²) in [7, 11) is -3.71. The molecule has 2 aliphatic rings. The van der Waals surface area contributed by atoms with Gasteiger partial charge in [-0.15, -0.1) is 0 Å². The second-order valence-electron chi connectivity index (χ2n) is 10.8. The first-order valence-electron chi connectivity index (χ1n) is 12.2. The third kappa shape index (κ3) is 4.64. The van der Waals surface area contributed by atoms with Crippen molar-refractivity contribution in [2.45, 2.75) is 67.2 Å². The predicted octanol–water partition coefficient (Wildman–Crippen LogP) is 2.39. The molecule has 3 N–H and O–H groups in total. The highest BCUT2D eigenvalue weighted by Gasteiger charge is 2.54. The Bertz CT molecular complexity index is 1460. The van der Waals surface area contributed by atoms with Crippen LogP contribution in [-0.4, -0.2) is 51.7 Å². The van der Waals surface area contributed by atoms with E-state index in [1.807, 2.05) is 6.07 Å². The molecule has 1 aliphatic carbocycles. The number of halogens is 2. The van der Waals surface area contributed by atoms with E-state index in [1.165, 1.54) is 10.9 Å². The second kappa shape index (κ2) is 9.14. The van der Waals surface area contributed by atoms with E-state index >= 15 is 8.78 Å². The fourth-order valence-electron chi connectivity index (χ4n) is 6.17. The lowest BCUT2D eigenvalue weighted by molar-refractivity contribution is -0.0834. The van der Waals surface area contributed by atoms with Gasteiger partial charge in [0.05, 0.1) is 16.1 Å². The van der Waals surface area contributed by atoms with Crippen LogP contribution < -0.4 is 11.0 Å². The van der Waals surface area contributed by atoms with Gasteiger partial charge in [-0.1, -0.05) is 30.3 Å². The van der Waals surface area contributed by atoms with E-state index < -0.39 is 54.7 Å². The van der Waals surface area contributed by atoms with Crippen LogP contribution in [0.25, 0.3) is 0 Å². The summed E-state index contributed by atoms with van der Waals surface area (Å²) in [5, 5.41) is 17.9. The van der Waals surface area contributed by atoms with Crippen LogP contribution in [0.3, 0.4) is 0 Å². The van der Waals surface area contributed by atoms with Crippen molar-refractivity contribution in [3.05, 3.63) is 87.6 Å². The molecule has 1 unspecified atom stereocenters. The fraction of sp³-hybridized carbons (Fsp3) is 0.462. The Hall–Kier alpha value is -2.89. The first kappa shape index (κ1) is 25.7. The highest BCUT2D eigenvalue weighted by molar-refractivity contribution is 7.92.